The van der Waals surface area contributed by atoms with Gasteiger partial charge < -0.3 is 5.73 Å². The van der Waals surface area contributed by atoms with Crippen LogP contribution in [0.2, 0.25) is 0 Å². The Bertz CT molecular complexity index is 1430. The van der Waals surface area contributed by atoms with Gasteiger partial charge in [0.15, 0.2) is 17.5 Å². The van der Waals surface area contributed by atoms with E-state index in [0.717, 1.165) is 23.1 Å². The first-order chi connectivity index (χ1) is 16.5. The molecule has 10 nitrogen and oxygen atoms in total. The van der Waals surface area contributed by atoms with Crippen LogP contribution in [0.4, 0.5) is 14.6 Å². The molecule has 12 heteroatoms. The SMILES string of the molecule is CN1C2CC3C(C31)C(n1cc(-c3cnc(N)c(-c4nnnn4-c4cccc(F)c4F)c3)nn1)C2. The first kappa shape index (κ1) is 19.6. The number of fused-ring (bicyclic) bond motifs is 1. The summed E-state index contributed by atoms with van der Waals surface area (Å²) in [6, 6.07) is 7.17. The maximum Gasteiger partial charge on any atom is 0.190 e. The number of hydrogen-bond donors (Lipinski definition) is 1. The van der Waals surface area contributed by atoms with Crippen LogP contribution in [0.1, 0.15) is 18.9 Å². The maximum atomic E-state index is 14.4. The molecule has 4 aliphatic rings. The van der Waals surface area contributed by atoms with E-state index in [2.05, 4.69) is 42.8 Å². The molecule has 2 N–H and O–H groups in total. The van der Waals surface area contributed by atoms with Crippen LogP contribution >= 0.6 is 0 Å². The third kappa shape index (κ3) is 2.68. The lowest BCUT2D eigenvalue weighted by molar-refractivity contribution is 0.126. The number of benzene rings is 1. The van der Waals surface area contributed by atoms with Crippen LogP contribution in [0.3, 0.4) is 0 Å². The third-order valence-electron chi connectivity index (χ3n) is 7.67. The van der Waals surface area contributed by atoms with Gasteiger partial charge in [-0.05, 0) is 54.4 Å². The fourth-order valence-electron chi connectivity index (χ4n) is 6.01. The molecule has 4 aromatic rings. The van der Waals surface area contributed by atoms with E-state index in [1.54, 1.807) is 12.3 Å². The topological polar surface area (TPSA) is 116 Å². The fourth-order valence-corrected chi connectivity index (χ4v) is 6.01. The lowest BCUT2D eigenvalue weighted by Crippen LogP contribution is -2.40. The lowest BCUT2D eigenvalue weighted by Gasteiger charge is -2.36. The van der Waals surface area contributed by atoms with Crippen LogP contribution in [-0.2, 0) is 0 Å². The summed E-state index contributed by atoms with van der Waals surface area (Å²) in [6.07, 6.45) is 5.92. The number of nitrogens with two attached hydrogens (primary N) is 1. The molecule has 5 unspecified atom stereocenters. The summed E-state index contributed by atoms with van der Waals surface area (Å²) in [5.74, 6) is -0.361. The minimum atomic E-state index is -1.06. The van der Waals surface area contributed by atoms with Crippen molar-refractivity contribution in [2.45, 2.75) is 31.0 Å². The van der Waals surface area contributed by atoms with Crippen LogP contribution < -0.4 is 5.73 Å². The molecule has 8 rings (SSSR count). The van der Waals surface area contributed by atoms with Crippen molar-refractivity contribution in [1.82, 2.24) is 45.1 Å². The molecule has 2 saturated carbocycles. The molecule has 0 spiro atoms. The van der Waals surface area contributed by atoms with E-state index in [9.17, 15) is 8.78 Å². The summed E-state index contributed by atoms with van der Waals surface area (Å²) in [4.78, 5) is 6.80. The standard InChI is InChI=1S/C22H20F2N10/c1-32-11-6-12-18(20(12)32)17(7-11)33-9-15(27-30-33)10-5-13(21(25)26-8-10)22-28-29-31-34(22)16-4-2-3-14(23)19(16)24/h2-5,8-9,11-12,17-18,20H,6-7H2,1H3,(H2,25,26). The second kappa shape index (κ2) is 6.86. The largest absolute Gasteiger partial charge is 0.383 e. The van der Waals surface area contributed by atoms with Crippen molar-refractivity contribution in [2.75, 3.05) is 12.8 Å². The Kier molecular flexibility index (Phi) is 3.96. The molecule has 172 valence electrons. The zero-order valence-corrected chi connectivity index (χ0v) is 18.1. The van der Waals surface area contributed by atoms with Gasteiger partial charge in [-0.25, -0.2) is 18.4 Å². The van der Waals surface area contributed by atoms with Crippen LogP contribution in [0, 0.1) is 23.5 Å². The molecule has 1 aromatic carbocycles. The van der Waals surface area contributed by atoms with E-state index >= 15 is 0 Å². The maximum absolute atomic E-state index is 14.4. The number of piperidine rings is 2. The number of nitrogen functional groups attached to an aromatic ring is 1. The van der Waals surface area contributed by atoms with E-state index in [0.29, 0.717) is 40.9 Å². The van der Waals surface area contributed by atoms with Gasteiger partial charge in [-0.15, -0.1) is 10.2 Å². The second-order valence-electron chi connectivity index (χ2n) is 9.32. The molecule has 0 amide bonds. The van der Waals surface area contributed by atoms with Gasteiger partial charge in [-0.1, -0.05) is 11.3 Å². The Morgan fingerprint density at radius 3 is 2.79 bits per heavy atom. The molecule has 5 heterocycles. The molecular weight excluding hydrogens is 442 g/mol. The van der Waals surface area contributed by atoms with Gasteiger partial charge in [0.05, 0.1) is 17.8 Å². The van der Waals surface area contributed by atoms with Gasteiger partial charge in [-0.3, -0.25) is 4.90 Å². The third-order valence-corrected chi connectivity index (χ3v) is 7.67. The number of halogens is 2. The Morgan fingerprint density at radius 2 is 2.00 bits per heavy atom. The highest BCUT2D eigenvalue weighted by atomic mass is 19.2. The molecule has 4 fully saturated rings. The molecule has 0 radical (unpaired) electrons. The van der Waals surface area contributed by atoms with Crippen molar-refractivity contribution in [1.29, 1.82) is 0 Å². The van der Waals surface area contributed by atoms with Crippen LogP contribution in [0.15, 0.2) is 36.7 Å². The Morgan fingerprint density at radius 1 is 1.12 bits per heavy atom. The van der Waals surface area contributed by atoms with Gasteiger partial charge >= 0.3 is 0 Å². The molecule has 2 aliphatic heterocycles. The zero-order valence-electron chi connectivity index (χ0n) is 18.1. The van der Waals surface area contributed by atoms with Crippen molar-refractivity contribution < 1.29 is 8.78 Å². The van der Waals surface area contributed by atoms with E-state index in [-0.39, 0.29) is 17.3 Å². The zero-order chi connectivity index (χ0) is 23.1. The molecular formula is C22H20F2N10. The number of aromatic nitrogens is 8. The van der Waals surface area contributed by atoms with Gasteiger partial charge in [0.25, 0.3) is 0 Å². The highest BCUT2D eigenvalue weighted by Gasteiger charge is 2.66. The number of hydrogen-bond acceptors (Lipinski definition) is 8. The van der Waals surface area contributed by atoms with Crippen molar-refractivity contribution in [3.8, 4) is 28.3 Å². The first-order valence-corrected chi connectivity index (χ1v) is 11.1. The van der Waals surface area contributed by atoms with E-state index in [4.69, 9.17) is 5.73 Å². The first-order valence-electron chi connectivity index (χ1n) is 11.1. The summed E-state index contributed by atoms with van der Waals surface area (Å²) < 4.78 is 31.3. The van der Waals surface area contributed by atoms with Crippen molar-refractivity contribution in [2.24, 2.45) is 11.8 Å². The van der Waals surface area contributed by atoms with Gasteiger partial charge in [0.1, 0.15) is 17.2 Å². The minimum Gasteiger partial charge on any atom is -0.383 e. The summed E-state index contributed by atoms with van der Waals surface area (Å²) in [7, 11) is 2.23. The predicted molar refractivity (Wildman–Crippen MR) is 116 cm³/mol. The highest BCUT2D eigenvalue weighted by Crippen LogP contribution is 2.63. The van der Waals surface area contributed by atoms with Crippen LogP contribution in [0.25, 0.3) is 28.3 Å². The van der Waals surface area contributed by atoms with Crippen molar-refractivity contribution in [3.63, 3.8) is 0 Å². The van der Waals surface area contributed by atoms with Gasteiger partial charge in [0.2, 0.25) is 0 Å². The number of pyridine rings is 1. The highest BCUT2D eigenvalue weighted by molar-refractivity contribution is 5.75. The average Bonchev–Trinajstić information content (AvgIpc) is 3.17. The Labute approximate surface area is 192 Å². The monoisotopic (exact) mass is 462 g/mol. The number of rotatable bonds is 4. The summed E-state index contributed by atoms with van der Waals surface area (Å²) in [5, 5.41) is 20.3. The average molecular weight is 462 g/mol. The summed E-state index contributed by atoms with van der Waals surface area (Å²) in [5.41, 5.74) is 7.69. The molecule has 2 saturated heterocycles. The van der Waals surface area contributed by atoms with E-state index in [1.165, 1.54) is 18.6 Å². The van der Waals surface area contributed by atoms with E-state index < -0.39 is 11.6 Å². The summed E-state index contributed by atoms with van der Waals surface area (Å²) in [6.45, 7) is 0. The minimum absolute atomic E-state index is 0.129. The number of anilines is 1. The van der Waals surface area contributed by atoms with Gasteiger partial charge in [0, 0.05) is 29.8 Å². The predicted octanol–water partition coefficient (Wildman–Crippen LogP) is 2.11. The van der Waals surface area contributed by atoms with Crippen molar-refractivity contribution in [3.05, 3.63) is 48.3 Å². The molecule has 3 aromatic heterocycles. The lowest BCUT2D eigenvalue weighted by atomic mass is 9.89. The number of tetrazole rings is 1. The fraction of sp³-hybridized carbons (Fsp3) is 0.364. The van der Waals surface area contributed by atoms with Crippen molar-refractivity contribution >= 4 is 5.82 Å². The summed E-state index contributed by atoms with van der Waals surface area (Å²) >= 11 is 0. The Balaban J connectivity index is 1.24. The van der Waals surface area contributed by atoms with Gasteiger partial charge in [-0.2, -0.15) is 4.68 Å². The van der Waals surface area contributed by atoms with E-state index in [1.807, 2.05) is 10.9 Å². The smallest absolute Gasteiger partial charge is 0.190 e. The molecule has 5 atom stereocenters. The molecule has 2 aliphatic carbocycles. The normalized spacial score (nSPS) is 27.3. The molecule has 4 bridgehead atoms. The Hall–Kier alpha value is -3.80. The van der Waals surface area contributed by atoms with Crippen LogP contribution in [-0.4, -0.2) is 64.2 Å². The quantitative estimate of drug-likeness (QED) is 0.490. The van der Waals surface area contributed by atoms with Crippen LogP contribution in [0.5, 0.6) is 0 Å². The second-order valence-corrected chi connectivity index (χ2v) is 9.32. The molecule has 34 heavy (non-hydrogen) atoms. The number of nitrogens with zero attached hydrogens (tertiary/aromatic N) is 9.